The summed E-state index contributed by atoms with van der Waals surface area (Å²) in [6.07, 6.45) is -46.0. The zero-order valence-corrected chi connectivity index (χ0v) is 37.6. The summed E-state index contributed by atoms with van der Waals surface area (Å²) >= 11 is 0. The minimum atomic E-state index is -5.83. The summed E-state index contributed by atoms with van der Waals surface area (Å²) < 4.78 is 187. The fourth-order valence-electron chi connectivity index (χ4n) is 7.06. The number of hydrogen-bond donors (Lipinski definition) is 14. The van der Waals surface area contributed by atoms with Gasteiger partial charge in [-0.2, -0.15) is 33.7 Å². The van der Waals surface area contributed by atoms with Gasteiger partial charge in [-0.25, -0.2) is 26.3 Å². The van der Waals surface area contributed by atoms with Crippen LogP contribution in [-0.2, 0) is 111 Å². The molecule has 4 fully saturated rings. The Hall–Kier alpha value is -3.16. The molecular weight excluding hydrogens is 1050 g/mol. The van der Waals surface area contributed by atoms with E-state index in [0.717, 1.165) is 13.8 Å². The van der Waals surface area contributed by atoms with Gasteiger partial charge in [0.2, 0.25) is 11.8 Å². The molecule has 20 atom stereocenters. The van der Waals surface area contributed by atoms with Crippen LogP contribution < -0.4 is 10.6 Å². The van der Waals surface area contributed by atoms with Crippen LogP contribution in [-0.4, -0.2) is 252 Å². The van der Waals surface area contributed by atoms with Crippen LogP contribution in [0.4, 0.5) is 0 Å². The number of ether oxygens (including phenoxy) is 7. The lowest BCUT2D eigenvalue weighted by Gasteiger charge is -2.50. The van der Waals surface area contributed by atoms with E-state index in [0.29, 0.717) is 0 Å². The predicted octanol–water partition coefficient (Wildman–Crippen LogP) is -9.97. The van der Waals surface area contributed by atoms with Crippen LogP contribution in [0.1, 0.15) is 13.8 Å². The summed E-state index contributed by atoms with van der Waals surface area (Å²) in [7, 11) is -22.5. The largest absolute Gasteiger partial charge is 0.479 e. The van der Waals surface area contributed by atoms with Gasteiger partial charge in [-0.1, -0.05) is 0 Å². The number of rotatable bonds is 20. The van der Waals surface area contributed by atoms with Crippen LogP contribution in [0.3, 0.4) is 0 Å². The zero-order chi connectivity index (χ0) is 52.5. The standard InChI is InChI=1S/C28H44N2O35S4/c1-5(31)29-9-18(16(64-68(49,50)51)7(57-25(9)42)3-55-66(43,44)45)59-28-15(37)13(35)20(22(63-28)24(40)41)61-26-10(30-6(2)32)19(60-27-14(36)11(33)12(34)21(62-27)23(38)39)17(65-69(52,53)54)8(58-26)4-56-67(46,47)48/h7-22,25-28,33-37,42H,3-4H2,1-2H3,(H,29,31)(H,30,32)(H,38,39)(H,40,41)(H,43,44,45)(H,46,47,48)(H,49,50,51)(H,52,53,54)/t7-,8-,9-,10-,11+,12+,13-,14-,15-,16+,17+,18-,19-,20+,21+,22+,25?,26+,27-,28-/m1/s1. The molecule has 0 bridgehead atoms. The molecule has 37 nitrogen and oxygen atoms in total. The zero-order valence-electron chi connectivity index (χ0n) is 34.4. The number of carboxylic acid groups (broad SMARTS) is 2. The van der Waals surface area contributed by atoms with E-state index >= 15 is 0 Å². The highest BCUT2D eigenvalue weighted by molar-refractivity contribution is 7.81. The first-order chi connectivity index (χ1) is 31.5. The van der Waals surface area contributed by atoms with E-state index in [2.05, 4.69) is 16.7 Å². The molecule has 4 aliphatic heterocycles. The lowest BCUT2D eigenvalue weighted by Crippen LogP contribution is -2.71. The van der Waals surface area contributed by atoms with E-state index in [9.17, 15) is 107 Å². The maximum Gasteiger partial charge on any atom is 0.397 e. The molecular formula is C28H44N2O35S4. The fourth-order valence-corrected chi connectivity index (χ4v) is 8.70. The van der Waals surface area contributed by atoms with Crippen molar-refractivity contribution in [2.75, 3.05) is 13.2 Å². The van der Waals surface area contributed by atoms with Gasteiger partial charge in [-0.05, 0) is 0 Å². The third-order valence-electron chi connectivity index (χ3n) is 9.75. The topological polar surface area (TPSA) is 573 Å². The van der Waals surface area contributed by atoms with E-state index < -0.39 is 201 Å². The highest BCUT2D eigenvalue weighted by Crippen LogP contribution is 2.37. The molecule has 2 amide bonds. The molecule has 4 heterocycles. The molecule has 14 N–H and O–H groups in total. The average molecular weight is 1100 g/mol. The molecule has 0 aromatic heterocycles. The normalized spacial score (nSPS) is 39.2. The van der Waals surface area contributed by atoms with E-state index in [4.69, 9.17) is 37.7 Å². The van der Waals surface area contributed by atoms with Crippen LogP contribution in [0, 0.1) is 0 Å². The van der Waals surface area contributed by atoms with Gasteiger partial charge in [0.05, 0.1) is 13.2 Å². The molecule has 0 aromatic carbocycles. The molecule has 0 aliphatic carbocycles. The Morgan fingerprint density at radius 3 is 1.28 bits per heavy atom. The summed E-state index contributed by atoms with van der Waals surface area (Å²) in [5, 5.41) is 88.6. The van der Waals surface area contributed by atoms with Gasteiger partial charge in [-0.15, -0.1) is 0 Å². The Balaban J connectivity index is 1.81. The van der Waals surface area contributed by atoms with Crippen molar-refractivity contribution in [2.24, 2.45) is 0 Å². The summed E-state index contributed by atoms with van der Waals surface area (Å²) in [5.41, 5.74) is 0. The van der Waals surface area contributed by atoms with Crippen molar-refractivity contribution in [1.29, 1.82) is 0 Å². The molecule has 41 heteroatoms. The molecule has 0 saturated carbocycles. The van der Waals surface area contributed by atoms with Crippen LogP contribution >= 0.6 is 0 Å². The Bertz CT molecular complexity index is 2300. The number of aliphatic hydroxyl groups excluding tert-OH is 6. The maximum absolute atomic E-state index is 12.8. The quantitative estimate of drug-likeness (QED) is 0.0504. The predicted molar refractivity (Wildman–Crippen MR) is 200 cm³/mol. The number of aliphatic hydroxyl groups is 6. The minimum absolute atomic E-state index is 0.719. The van der Waals surface area contributed by atoms with Gasteiger partial charge in [-0.3, -0.25) is 27.8 Å². The van der Waals surface area contributed by atoms with Gasteiger partial charge in [0.1, 0.15) is 85.3 Å². The summed E-state index contributed by atoms with van der Waals surface area (Å²) in [6.45, 7) is -1.60. The fraction of sp³-hybridized carbons (Fsp3) is 0.857. The first-order valence-corrected chi connectivity index (χ1v) is 24.2. The molecule has 69 heavy (non-hydrogen) atoms. The number of aliphatic carboxylic acids is 2. The SMILES string of the molecule is CC(=O)N[C@H]1[C@H](O[C@H]2[C@H](O)[C@@H](O)[C@H](O[C@H]3[C@@H](OS(=O)(=O)O)[C@@H](COS(=O)(=O)O)OC(O)[C@@H]3NC(C)=O)O[C@@H]2C(=O)O)O[C@H](COS(=O)(=O)O)[C@H](OS(=O)(=O)O)[C@@H]1O[C@@H]1O[C@H](C(=O)O)[C@@H](O)[C@H](O)[C@H]1O. The number of carboxylic acids is 2. The summed E-state index contributed by atoms with van der Waals surface area (Å²) in [4.78, 5) is 49.4. The third kappa shape index (κ3) is 15.9. The van der Waals surface area contributed by atoms with Crippen LogP contribution in [0.15, 0.2) is 0 Å². The number of carbonyl (C=O) groups excluding carboxylic acids is 2. The molecule has 4 aliphatic rings. The van der Waals surface area contributed by atoms with Crippen molar-refractivity contribution in [2.45, 2.75) is 137 Å². The van der Waals surface area contributed by atoms with E-state index in [1.165, 1.54) is 0 Å². The van der Waals surface area contributed by atoms with Crippen molar-refractivity contribution in [3.63, 3.8) is 0 Å². The molecule has 400 valence electrons. The lowest BCUT2D eigenvalue weighted by molar-refractivity contribution is -0.366. The lowest BCUT2D eigenvalue weighted by atomic mass is 9.94. The van der Waals surface area contributed by atoms with E-state index in [1.807, 2.05) is 10.6 Å². The highest BCUT2D eigenvalue weighted by Gasteiger charge is 2.59. The van der Waals surface area contributed by atoms with Crippen molar-refractivity contribution in [3.8, 4) is 0 Å². The van der Waals surface area contributed by atoms with E-state index in [1.54, 1.807) is 0 Å². The number of nitrogens with one attached hydrogen (secondary N) is 2. The molecule has 0 spiro atoms. The molecule has 0 aromatic rings. The smallest absolute Gasteiger partial charge is 0.397 e. The third-order valence-corrected chi connectivity index (χ3v) is 11.6. The first kappa shape index (κ1) is 58.4. The van der Waals surface area contributed by atoms with Gasteiger partial charge < -0.3 is 84.6 Å². The van der Waals surface area contributed by atoms with Crippen LogP contribution in [0.5, 0.6) is 0 Å². The number of carbonyl (C=O) groups is 4. The van der Waals surface area contributed by atoms with Crippen LogP contribution in [0.2, 0.25) is 0 Å². The Kier molecular flexibility index (Phi) is 19.2. The van der Waals surface area contributed by atoms with Gasteiger partial charge in [0, 0.05) is 13.8 Å². The Labute approximate surface area is 386 Å². The first-order valence-electron chi connectivity index (χ1n) is 18.7. The van der Waals surface area contributed by atoms with Gasteiger partial charge in [0.25, 0.3) is 0 Å². The molecule has 4 rings (SSSR count). The maximum atomic E-state index is 12.8. The van der Waals surface area contributed by atoms with Crippen molar-refractivity contribution < 1.29 is 162 Å². The second-order valence-corrected chi connectivity index (χ2v) is 19.0. The average Bonchev–Trinajstić information content (AvgIpc) is 3.18. The Morgan fingerprint density at radius 1 is 0.464 bits per heavy atom. The molecule has 0 radical (unpaired) electrons. The minimum Gasteiger partial charge on any atom is -0.479 e. The monoisotopic (exact) mass is 1100 g/mol. The van der Waals surface area contributed by atoms with Crippen molar-refractivity contribution in [3.05, 3.63) is 0 Å². The number of amides is 2. The molecule has 4 saturated heterocycles. The second kappa shape index (κ2) is 22.7. The molecule has 1 unspecified atom stereocenters. The Morgan fingerprint density at radius 2 is 0.855 bits per heavy atom. The highest BCUT2D eigenvalue weighted by atomic mass is 32.3. The van der Waals surface area contributed by atoms with E-state index in [-0.39, 0.29) is 0 Å². The van der Waals surface area contributed by atoms with Gasteiger partial charge >= 0.3 is 53.5 Å². The van der Waals surface area contributed by atoms with Crippen LogP contribution in [0.25, 0.3) is 0 Å². The second-order valence-electron chi connectivity index (χ2n) is 14.7. The van der Waals surface area contributed by atoms with Crippen molar-refractivity contribution >= 4 is 65.3 Å². The summed E-state index contributed by atoms with van der Waals surface area (Å²) in [5.74, 6) is -6.52. The van der Waals surface area contributed by atoms with Crippen molar-refractivity contribution in [1.82, 2.24) is 10.6 Å². The van der Waals surface area contributed by atoms with Gasteiger partial charge in [0.15, 0.2) is 37.4 Å². The summed E-state index contributed by atoms with van der Waals surface area (Å²) in [6, 6.07) is -4.50. The number of hydrogen-bond acceptors (Lipinski definition) is 29.